The summed E-state index contributed by atoms with van der Waals surface area (Å²) in [6.07, 6.45) is 0. The first-order valence-corrected chi connectivity index (χ1v) is 8.00. The Labute approximate surface area is 134 Å². The van der Waals surface area contributed by atoms with Crippen molar-refractivity contribution in [2.45, 2.75) is 11.8 Å². The summed E-state index contributed by atoms with van der Waals surface area (Å²) in [5, 5.41) is 6.23. The Morgan fingerprint density at radius 1 is 1.10 bits per heavy atom. The highest BCUT2D eigenvalue weighted by molar-refractivity contribution is 7.99. The summed E-state index contributed by atoms with van der Waals surface area (Å²) >= 11 is 7.51. The van der Waals surface area contributed by atoms with Gasteiger partial charge in [-0.2, -0.15) is 0 Å². The van der Waals surface area contributed by atoms with E-state index in [0.717, 1.165) is 11.4 Å². The number of anilines is 1. The fourth-order valence-corrected chi connectivity index (χ4v) is 2.57. The second-order valence-corrected chi connectivity index (χ2v) is 6.15. The van der Waals surface area contributed by atoms with E-state index in [9.17, 15) is 4.79 Å². The summed E-state index contributed by atoms with van der Waals surface area (Å²) in [6, 6.07) is 15.2. The van der Waals surface area contributed by atoms with Crippen LogP contribution in [0, 0.1) is 6.92 Å². The fraction of sp³-hybridized carbons (Fsp3) is 0.188. The summed E-state index contributed by atoms with van der Waals surface area (Å²) in [4.78, 5) is 12.9. The maximum absolute atomic E-state index is 11.7. The average molecular weight is 321 g/mol. The molecule has 0 aliphatic heterocycles. The molecule has 0 unspecified atom stereocenters. The van der Waals surface area contributed by atoms with Crippen LogP contribution in [0.1, 0.15) is 5.56 Å². The highest BCUT2D eigenvalue weighted by Crippen LogP contribution is 2.17. The van der Waals surface area contributed by atoms with Crippen molar-refractivity contribution in [2.24, 2.45) is 0 Å². The molecule has 0 radical (unpaired) electrons. The normalized spacial score (nSPS) is 10.2. The molecule has 0 bridgehead atoms. The number of benzene rings is 2. The molecule has 3 nitrogen and oxygen atoms in total. The molecule has 0 atom stereocenters. The van der Waals surface area contributed by atoms with Gasteiger partial charge in [-0.25, -0.2) is 4.79 Å². The highest BCUT2D eigenvalue weighted by atomic mass is 35.5. The van der Waals surface area contributed by atoms with E-state index in [2.05, 4.69) is 41.8 Å². The molecule has 0 fully saturated rings. The van der Waals surface area contributed by atoms with Crippen molar-refractivity contribution in [1.82, 2.24) is 5.32 Å². The van der Waals surface area contributed by atoms with Crippen LogP contribution >= 0.6 is 23.4 Å². The Hall–Kier alpha value is -1.65. The molecule has 0 aliphatic rings. The fourth-order valence-electron chi connectivity index (χ4n) is 1.68. The standard InChI is InChI=1S/C16H17ClN2OS/c1-12-2-8-15(9-3-12)21-11-10-18-16(20)19-14-6-4-13(17)5-7-14/h2-9H,10-11H2,1H3,(H2,18,19,20). The van der Waals surface area contributed by atoms with Gasteiger partial charge in [0.05, 0.1) is 0 Å². The Morgan fingerprint density at radius 3 is 2.43 bits per heavy atom. The van der Waals surface area contributed by atoms with Gasteiger partial charge in [0.15, 0.2) is 0 Å². The van der Waals surface area contributed by atoms with Crippen LogP contribution in [-0.2, 0) is 0 Å². The minimum absolute atomic E-state index is 0.207. The van der Waals surface area contributed by atoms with Crippen molar-refractivity contribution in [1.29, 1.82) is 0 Å². The number of hydrogen-bond donors (Lipinski definition) is 2. The molecular formula is C16H17ClN2OS. The number of hydrogen-bond acceptors (Lipinski definition) is 2. The molecule has 0 saturated heterocycles. The molecule has 0 aliphatic carbocycles. The third kappa shape index (κ3) is 5.69. The zero-order chi connectivity index (χ0) is 15.1. The van der Waals surface area contributed by atoms with Gasteiger partial charge in [-0.3, -0.25) is 0 Å². The van der Waals surface area contributed by atoms with Crippen LogP contribution < -0.4 is 10.6 Å². The van der Waals surface area contributed by atoms with Crippen molar-refractivity contribution in [3.63, 3.8) is 0 Å². The maximum atomic E-state index is 11.7. The monoisotopic (exact) mass is 320 g/mol. The molecule has 0 aromatic heterocycles. The van der Waals surface area contributed by atoms with Crippen LogP contribution in [0.5, 0.6) is 0 Å². The summed E-state index contributed by atoms with van der Waals surface area (Å²) in [5.74, 6) is 0.830. The van der Waals surface area contributed by atoms with Gasteiger partial charge in [-0.15, -0.1) is 11.8 Å². The van der Waals surface area contributed by atoms with E-state index in [0.29, 0.717) is 11.6 Å². The summed E-state index contributed by atoms with van der Waals surface area (Å²) in [6.45, 7) is 2.68. The van der Waals surface area contributed by atoms with Crippen LogP contribution in [0.4, 0.5) is 10.5 Å². The lowest BCUT2D eigenvalue weighted by atomic mass is 10.2. The Morgan fingerprint density at radius 2 is 1.76 bits per heavy atom. The predicted octanol–water partition coefficient (Wildman–Crippen LogP) is 4.56. The van der Waals surface area contributed by atoms with Crippen LogP contribution in [0.2, 0.25) is 5.02 Å². The molecule has 2 aromatic rings. The van der Waals surface area contributed by atoms with Gasteiger partial charge in [0.2, 0.25) is 0 Å². The summed E-state index contributed by atoms with van der Waals surface area (Å²) < 4.78 is 0. The van der Waals surface area contributed by atoms with E-state index < -0.39 is 0 Å². The molecule has 5 heteroatoms. The summed E-state index contributed by atoms with van der Waals surface area (Å²) in [7, 11) is 0. The van der Waals surface area contributed by atoms with Crippen molar-refractivity contribution >= 4 is 35.1 Å². The number of rotatable bonds is 5. The van der Waals surface area contributed by atoms with Gasteiger partial charge < -0.3 is 10.6 Å². The van der Waals surface area contributed by atoms with Crippen LogP contribution in [0.25, 0.3) is 0 Å². The van der Waals surface area contributed by atoms with Gasteiger partial charge in [-0.1, -0.05) is 29.3 Å². The number of carbonyl (C=O) groups is 1. The van der Waals surface area contributed by atoms with E-state index in [1.165, 1.54) is 10.5 Å². The van der Waals surface area contributed by atoms with Crippen LogP contribution in [0.15, 0.2) is 53.4 Å². The van der Waals surface area contributed by atoms with E-state index in [-0.39, 0.29) is 6.03 Å². The number of halogens is 1. The van der Waals surface area contributed by atoms with Gasteiger partial charge in [-0.05, 0) is 43.3 Å². The Kier molecular flexibility index (Phi) is 5.96. The zero-order valence-corrected chi connectivity index (χ0v) is 13.3. The van der Waals surface area contributed by atoms with E-state index >= 15 is 0 Å². The van der Waals surface area contributed by atoms with Crippen molar-refractivity contribution in [3.8, 4) is 0 Å². The van der Waals surface area contributed by atoms with E-state index in [1.54, 1.807) is 36.0 Å². The molecule has 2 aromatic carbocycles. The lowest BCUT2D eigenvalue weighted by Crippen LogP contribution is -2.30. The van der Waals surface area contributed by atoms with E-state index in [4.69, 9.17) is 11.6 Å². The molecule has 21 heavy (non-hydrogen) atoms. The number of aryl methyl sites for hydroxylation is 1. The van der Waals surface area contributed by atoms with Crippen LogP contribution in [-0.4, -0.2) is 18.3 Å². The zero-order valence-electron chi connectivity index (χ0n) is 11.7. The number of thioether (sulfide) groups is 1. The lowest BCUT2D eigenvalue weighted by Gasteiger charge is -2.07. The third-order valence-corrected chi connectivity index (χ3v) is 4.05. The van der Waals surface area contributed by atoms with Crippen LogP contribution in [0.3, 0.4) is 0 Å². The Balaban J connectivity index is 1.67. The minimum Gasteiger partial charge on any atom is -0.337 e. The second-order valence-electron chi connectivity index (χ2n) is 4.55. The molecule has 0 heterocycles. The van der Waals surface area contributed by atoms with Crippen molar-refractivity contribution < 1.29 is 4.79 Å². The van der Waals surface area contributed by atoms with Gasteiger partial charge in [0.1, 0.15) is 0 Å². The SMILES string of the molecule is Cc1ccc(SCCNC(=O)Nc2ccc(Cl)cc2)cc1. The third-order valence-electron chi connectivity index (χ3n) is 2.78. The molecule has 0 spiro atoms. The number of urea groups is 1. The quantitative estimate of drug-likeness (QED) is 0.626. The van der Waals surface area contributed by atoms with Crippen molar-refractivity contribution in [3.05, 3.63) is 59.1 Å². The lowest BCUT2D eigenvalue weighted by molar-refractivity contribution is 0.252. The molecule has 2 N–H and O–H groups in total. The average Bonchev–Trinajstić information content (AvgIpc) is 2.48. The van der Waals surface area contributed by atoms with Crippen molar-refractivity contribution in [2.75, 3.05) is 17.6 Å². The molecule has 110 valence electrons. The Bertz CT molecular complexity index is 584. The van der Waals surface area contributed by atoms with Gasteiger partial charge in [0.25, 0.3) is 0 Å². The maximum Gasteiger partial charge on any atom is 0.319 e. The number of amides is 2. The predicted molar refractivity (Wildman–Crippen MR) is 90.4 cm³/mol. The number of nitrogens with one attached hydrogen (secondary N) is 2. The first-order chi connectivity index (χ1) is 10.1. The first kappa shape index (κ1) is 15.7. The van der Waals surface area contributed by atoms with E-state index in [1.807, 2.05) is 0 Å². The summed E-state index contributed by atoms with van der Waals surface area (Å²) in [5.41, 5.74) is 1.97. The molecule has 2 rings (SSSR count). The molecule has 0 saturated carbocycles. The number of carbonyl (C=O) groups excluding carboxylic acids is 1. The second kappa shape index (κ2) is 7.96. The first-order valence-electron chi connectivity index (χ1n) is 6.63. The largest absolute Gasteiger partial charge is 0.337 e. The van der Waals surface area contributed by atoms with Gasteiger partial charge in [0, 0.05) is 27.9 Å². The molecule has 2 amide bonds. The molecular weight excluding hydrogens is 304 g/mol. The topological polar surface area (TPSA) is 41.1 Å². The van der Waals surface area contributed by atoms with Gasteiger partial charge >= 0.3 is 6.03 Å². The highest BCUT2D eigenvalue weighted by Gasteiger charge is 2.01. The smallest absolute Gasteiger partial charge is 0.319 e. The minimum atomic E-state index is -0.207.